The van der Waals surface area contributed by atoms with Crippen LogP contribution in [0.4, 0.5) is 26.3 Å². The molecule has 6 aromatic rings. The molecule has 2 aromatic heterocycles. The van der Waals surface area contributed by atoms with E-state index in [-0.39, 0.29) is 53.2 Å². The summed E-state index contributed by atoms with van der Waals surface area (Å²) in [6.45, 7) is 6.78. The van der Waals surface area contributed by atoms with Crippen LogP contribution >= 0.6 is 7.60 Å². The molecule has 23 heteroatoms. The van der Waals surface area contributed by atoms with Crippen LogP contribution in [-0.4, -0.2) is 61.7 Å². The second-order valence-electron chi connectivity index (χ2n) is 13.5. The fourth-order valence-corrected chi connectivity index (χ4v) is 8.86. The monoisotopic (exact) mass is 956 g/mol. The number of primary sulfonamides is 1. The molecule has 4 aromatic carbocycles. The average Bonchev–Trinajstić information content (AvgIpc) is 3.86. The van der Waals surface area contributed by atoms with Gasteiger partial charge in [0.15, 0.2) is 11.4 Å². The first kappa shape index (κ1) is 51.0. The molecule has 0 saturated carbocycles. The summed E-state index contributed by atoms with van der Waals surface area (Å²) in [4.78, 5) is 11.8. The summed E-state index contributed by atoms with van der Waals surface area (Å²) in [5.41, 5.74) is 1.59. The number of carbonyl (C=O) groups is 1. The van der Waals surface area contributed by atoms with E-state index < -0.39 is 63.5 Å². The molecule has 64 heavy (non-hydrogen) atoms. The van der Waals surface area contributed by atoms with Crippen molar-refractivity contribution in [1.29, 1.82) is 0 Å². The van der Waals surface area contributed by atoms with Crippen molar-refractivity contribution in [3.05, 3.63) is 132 Å². The van der Waals surface area contributed by atoms with E-state index in [1.165, 1.54) is 36.4 Å². The Kier molecular flexibility index (Phi) is 16.0. The van der Waals surface area contributed by atoms with Crippen molar-refractivity contribution in [2.24, 2.45) is 5.14 Å². The number of carbonyl (C=O) groups excluding carboxylic acids is 1. The van der Waals surface area contributed by atoms with Gasteiger partial charge >= 0.3 is 19.9 Å². The summed E-state index contributed by atoms with van der Waals surface area (Å²) in [7, 11) is -12.1. The van der Waals surface area contributed by atoms with Crippen molar-refractivity contribution in [2.75, 3.05) is 19.4 Å². The molecule has 0 aliphatic heterocycles. The number of nitrogens with two attached hydrogens (primary N) is 1. The van der Waals surface area contributed by atoms with Crippen LogP contribution in [0.25, 0.3) is 33.9 Å². The first-order chi connectivity index (χ1) is 29.3. The number of alkyl halides is 6. The van der Waals surface area contributed by atoms with E-state index in [4.69, 9.17) is 14.2 Å². The molecule has 14 nitrogen and oxygen atoms in total. The third-order valence-electron chi connectivity index (χ3n) is 8.73. The molecular weight excluding hydrogens is 914 g/mol. The number of benzene rings is 4. The molecule has 344 valence electrons. The Labute approximate surface area is 365 Å². The maximum absolute atomic E-state index is 13.4. The largest absolute Gasteiger partial charge is 0.435 e. The number of aryl methyl sites for hydroxylation is 2. The second kappa shape index (κ2) is 20.0. The van der Waals surface area contributed by atoms with E-state index in [0.717, 1.165) is 44.8 Å². The zero-order valence-electron chi connectivity index (χ0n) is 33.7. The highest BCUT2D eigenvalue weighted by atomic mass is 32.2. The van der Waals surface area contributed by atoms with Crippen LogP contribution in [0.5, 0.6) is 0 Å². The molecule has 0 aliphatic rings. The van der Waals surface area contributed by atoms with Gasteiger partial charge in [0.2, 0.25) is 15.9 Å². The lowest BCUT2D eigenvalue weighted by Gasteiger charge is -2.16. The Morgan fingerprint density at radius 3 is 1.34 bits per heavy atom. The zero-order chi connectivity index (χ0) is 46.5. The van der Waals surface area contributed by atoms with Gasteiger partial charge in [0.1, 0.15) is 6.16 Å². The lowest BCUT2D eigenvalue weighted by molar-refractivity contribution is -0.142. The molecule has 0 saturated heterocycles. The highest BCUT2D eigenvalue weighted by Gasteiger charge is 2.37. The molecule has 0 radical (unpaired) electrons. The highest BCUT2D eigenvalue weighted by Crippen LogP contribution is 2.47. The number of hydrogen-bond donors (Lipinski definition) is 2. The SMILES string of the molecule is C.CCOP(=O)(CC(=O)NS(=O)(=O)c1ccc(-n2nc(C(F)(F)F)cc2-c2ccc(C)cc2)cc1)OCC.Cc1ccc(-c2cc(C(F)(F)F)nn2-c2ccc(S(N)(=O)=O)cc2)cc1. The second-order valence-corrected chi connectivity index (χ2v) is 18.8. The van der Waals surface area contributed by atoms with Crippen molar-refractivity contribution in [2.45, 2.75) is 57.3 Å². The molecule has 0 aliphatic carbocycles. The maximum atomic E-state index is 13.4. The van der Waals surface area contributed by atoms with E-state index in [2.05, 4.69) is 10.2 Å². The molecule has 6 rings (SSSR count). The third kappa shape index (κ3) is 12.8. The minimum absolute atomic E-state index is 0. The van der Waals surface area contributed by atoms with Crippen molar-refractivity contribution in [3.63, 3.8) is 0 Å². The van der Waals surface area contributed by atoms with Crippen LogP contribution < -0.4 is 9.86 Å². The van der Waals surface area contributed by atoms with E-state index in [9.17, 15) is 52.5 Å². The number of sulfonamides is 2. The summed E-state index contributed by atoms with van der Waals surface area (Å²) in [6.07, 6.45) is -10.1. The van der Waals surface area contributed by atoms with Crippen LogP contribution in [0.15, 0.2) is 119 Å². The molecule has 0 spiro atoms. The summed E-state index contributed by atoms with van der Waals surface area (Å²) < 4.78 is 154. The van der Waals surface area contributed by atoms with Gasteiger partial charge in [-0.05, 0) is 88.4 Å². The van der Waals surface area contributed by atoms with Gasteiger partial charge in [-0.25, -0.2) is 36.1 Å². The first-order valence-corrected chi connectivity index (χ1v) is 23.3. The lowest BCUT2D eigenvalue weighted by Crippen LogP contribution is -2.33. The molecule has 0 unspecified atom stereocenters. The minimum atomic E-state index is -4.69. The van der Waals surface area contributed by atoms with Gasteiger partial charge in [-0.2, -0.15) is 36.5 Å². The molecule has 0 bridgehead atoms. The number of hydrogen-bond acceptors (Lipinski definition) is 10. The normalized spacial score (nSPS) is 12.2. The molecular formula is C41H43F6N6O8PS2. The Balaban J connectivity index is 0.000000292. The van der Waals surface area contributed by atoms with Gasteiger partial charge in [0.25, 0.3) is 10.0 Å². The van der Waals surface area contributed by atoms with Crippen LogP contribution in [0.2, 0.25) is 0 Å². The molecule has 0 atom stereocenters. The fourth-order valence-electron chi connectivity index (χ4n) is 5.78. The number of rotatable bonds is 13. The topological polar surface area (TPSA) is 195 Å². The molecule has 0 fully saturated rings. The third-order valence-corrected chi connectivity index (χ3v) is 13.0. The Hall–Kier alpha value is -5.64. The summed E-state index contributed by atoms with van der Waals surface area (Å²) >= 11 is 0. The van der Waals surface area contributed by atoms with E-state index >= 15 is 0 Å². The van der Waals surface area contributed by atoms with Crippen molar-refractivity contribution < 1.29 is 61.6 Å². The van der Waals surface area contributed by atoms with Crippen molar-refractivity contribution >= 4 is 33.5 Å². The summed E-state index contributed by atoms with van der Waals surface area (Å²) in [6, 6.07) is 25.5. The van der Waals surface area contributed by atoms with Crippen molar-refractivity contribution in [3.8, 4) is 33.9 Å². The molecule has 1 amide bonds. The Morgan fingerprint density at radius 2 is 1.02 bits per heavy atom. The fraction of sp³-hybridized carbons (Fsp3) is 0.244. The number of amides is 1. The zero-order valence-corrected chi connectivity index (χ0v) is 36.2. The summed E-state index contributed by atoms with van der Waals surface area (Å²) in [5.74, 6) is -1.10. The quantitative estimate of drug-likeness (QED) is 0.0833. The lowest BCUT2D eigenvalue weighted by atomic mass is 10.1. The van der Waals surface area contributed by atoms with Gasteiger partial charge in [-0.15, -0.1) is 0 Å². The number of aromatic nitrogens is 4. The first-order valence-electron chi connectivity index (χ1n) is 18.5. The smallest absolute Gasteiger partial charge is 0.309 e. The van der Waals surface area contributed by atoms with Gasteiger partial charge in [0.05, 0.1) is 45.8 Å². The Bertz CT molecular complexity index is 2820. The number of halogens is 6. The maximum Gasteiger partial charge on any atom is 0.435 e. The summed E-state index contributed by atoms with van der Waals surface area (Å²) in [5, 5.41) is 12.4. The predicted octanol–water partition coefficient (Wildman–Crippen LogP) is 9.09. The van der Waals surface area contributed by atoms with Crippen molar-refractivity contribution in [1.82, 2.24) is 24.3 Å². The standard InChI is InChI=1S/C23H25F3N3O6PS.C17H14F3N3O2S.CH4/c1-4-34-36(31,35-5-2)15-22(30)28-37(32,33)19-12-10-18(11-13-19)29-20(14-21(27-29)23(24,25)26)17-8-6-16(3)7-9-17;1-11-2-4-12(5-3-11)15-10-16(17(18,19)20)22-23(15)13-6-8-14(9-7-13)26(21,24)25;/h6-14H,4-5,15H2,1-3H3,(H,28,30);2-10H,1H3,(H2,21,24,25);1H4. The van der Waals surface area contributed by atoms with E-state index in [1.807, 2.05) is 13.8 Å². The average molecular weight is 957 g/mol. The van der Waals surface area contributed by atoms with Crippen LogP contribution in [0.3, 0.4) is 0 Å². The van der Waals surface area contributed by atoms with Crippen LogP contribution in [-0.2, 0) is 50.8 Å². The molecule has 3 N–H and O–H groups in total. The van der Waals surface area contributed by atoms with Crippen LogP contribution in [0, 0.1) is 13.8 Å². The number of nitrogens with zero attached hydrogens (tertiary/aromatic N) is 4. The van der Waals surface area contributed by atoms with E-state index in [0.29, 0.717) is 11.1 Å². The predicted molar refractivity (Wildman–Crippen MR) is 227 cm³/mol. The van der Waals surface area contributed by atoms with Gasteiger partial charge < -0.3 is 9.05 Å². The van der Waals surface area contributed by atoms with Gasteiger partial charge in [-0.3, -0.25) is 9.36 Å². The number of nitrogens with one attached hydrogen (secondary N) is 1. The highest BCUT2D eigenvalue weighted by molar-refractivity contribution is 7.90. The van der Waals surface area contributed by atoms with Crippen LogP contribution in [0.1, 0.15) is 43.8 Å². The van der Waals surface area contributed by atoms with E-state index in [1.54, 1.807) is 67.1 Å². The Morgan fingerprint density at radius 1 is 0.656 bits per heavy atom. The van der Waals surface area contributed by atoms with Gasteiger partial charge in [0, 0.05) is 11.1 Å². The van der Waals surface area contributed by atoms with Gasteiger partial charge in [-0.1, -0.05) is 67.1 Å². The molecule has 2 heterocycles. The minimum Gasteiger partial charge on any atom is -0.309 e.